The average molecular weight is 317 g/mol. The van der Waals surface area contributed by atoms with Gasteiger partial charge in [0.2, 0.25) is 0 Å². The molecule has 21 heavy (non-hydrogen) atoms. The van der Waals surface area contributed by atoms with Gasteiger partial charge in [0.15, 0.2) is 5.82 Å². The lowest BCUT2D eigenvalue weighted by Gasteiger charge is -2.04. The Labute approximate surface area is 132 Å². The predicted octanol–water partition coefficient (Wildman–Crippen LogP) is 3.75. The molecule has 0 aliphatic rings. The van der Waals surface area contributed by atoms with E-state index in [0.717, 1.165) is 28.0 Å². The molecule has 0 N–H and O–H groups in total. The summed E-state index contributed by atoms with van der Waals surface area (Å²) in [6, 6.07) is 17.8. The second-order valence-corrected chi connectivity index (χ2v) is 5.88. The molecule has 1 heterocycles. The Morgan fingerprint density at radius 2 is 1.71 bits per heavy atom. The molecule has 0 atom stereocenters. The van der Waals surface area contributed by atoms with Crippen LogP contribution in [0.25, 0.3) is 5.69 Å². The minimum absolute atomic E-state index is 0.754. The fraction of sp³-hybridized carbons (Fsp3) is 0.133. The van der Waals surface area contributed by atoms with Gasteiger partial charge in [0.25, 0.3) is 0 Å². The number of hydrogen-bond donors (Lipinski definition) is 0. The number of benzene rings is 2. The zero-order valence-corrected chi connectivity index (χ0v) is 12.8. The van der Waals surface area contributed by atoms with Gasteiger partial charge in [-0.05, 0) is 40.3 Å². The summed E-state index contributed by atoms with van der Waals surface area (Å²) in [5, 5.41) is 12.7. The van der Waals surface area contributed by atoms with Crippen LogP contribution in [0.15, 0.2) is 54.6 Å². The molecule has 3 rings (SSSR count). The summed E-state index contributed by atoms with van der Waals surface area (Å²) in [5.74, 6) is 2.50. The Bertz CT molecular complexity index is 697. The summed E-state index contributed by atoms with van der Waals surface area (Å²) in [6.45, 7) is 0. The van der Waals surface area contributed by atoms with Gasteiger partial charge in [-0.2, -0.15) is 4.68 Å². The van der Waals surface area contributed by atoms with Crippen molar-refractivity contribution in [2.24, 2.45) is 0 Å². The van der Waals surface area contributed by atoms with Crippen LogP contribution >= 0.6 is 23.4 Å². The average Bonchev–Trinajstić information content (AvgIpc) is 2.99. The molecule has 1 aromatic heterocycles. The molecular formula is C15H13ClN4S. The van der Waals surface area contributed by atoms with Crippen molar-refractivity contribution in [2.75, 3.05) is 0 Å². The normalized spacial score (nSPS) is 10.7. The van der Waals surface area contributed by atoms with Crippen molar-refractivity contribution >= 4 is 23.4 Å². The number of halogens is 1. The zero-order valence-electron chi connectivity index (χ0n) is 11.2. The van der Waals surface area contributed by atoms with Gasteiger partial charge in [0.05, 0.1) is 11.4 Å². The first-order valence-electron chi connectivity index (χ1n) is 6.48. The molecule has 0 unspecified atom stereocenters. The van der Waals surface area contributed by atoms with Gasteiger partial charge in [0.1, 0.15) is 0 Å². The van der Waals surface area contributed by atoms with E-state index in [9.17, 15) is 0 Å². The number of thioether (sulfide) groups is 1. The third-order valence-corrected chi connectivity index (χ3v) is 4.20. The lowest BCUT2D eigenvalue weighted by molar-refractivity contribution is 0.777. The van der Waals surface area contributed by atoms with Crippen LogP contribution in [0.5, 0.6) is 0 Å². The van der Waals surface area contributed by atoms with Crippen LogP contribution in [0.2, 0.25) is 5.02 Å². The lowest BCUT2D eigenvalue weighted by atomic mass is 10.2. The summed E-state index contributed by atoms with van der Waals surface area (Å²) in [7, 11) is 0. The molecule has 3 aromatic rings. The third-order valence-electron chi connectivity index (χ3n) is 2.95. The quantitative estimate of drug-likeness (QED) is 0.719. The number of rotatable bonds is 5. The van der Waals surface area contributed by atoms with Gasteiger partial charge in [-0.15, -0.1) is 16.9 Å². The Morgan fingerprint density at radius 3 is 2.48 bits per heavy atom. The molecule has 0 saturated carbocycles. The van der Waals surface area contributed by atoms with Gasteiger partial charge >= 0.3 is 0 Å². The van der Waals surface area contributed by atoms with Crippen molar-refractivity contribution in [1.29, 1.82) is 0 Å². The van der Waals surface area contributed by atoms with E-state index < -0.39 is 0 Å². The fourth-order valence-electron chi connectivity index (χ4n) is 1.91. The standard InChI is InChI=1S/C15H13ClN4S/c16-13-8-6-12(7-9-13)10-21-11-15-17-18-19-20(15)14-4-2-1-3-5-14/h1-9H,10-11H2. The molecule has 0 aliphatic heterocycles. The van der Waals surface area contributed by atoms with Crippen molar-refractivity contribution in [3.05, 3.63) is 71.0 Å². The molecule has 0 spiro atoms. The Kier molecular flexibility index (Phi) is 4.52. The first-order chi connectivity index (χ1) is 10.3. The molecule has 0 saturated heterocycles. The molecule has 2 aromatic carbocycles. The Morgan fingerprint density at radius 1 is 0.952 bits per heavy atom. The second kappa shape index (κ2) is 6.74. The van der Waals surface area contributed by atoms with Gasteiger partial charge in [-0.25, -0.2) is 0 Å². The highest BCUT2D eigenvalue weighted by atomic mass is 35.5. The van der Waals surface area contributed by atoms with Gasteiger partial charge < -0.3 is 0 Å². The van der Waals surface area contributed by atoms with E-state index in [0.29, 0.717) is 0 Å². The minimum atomic E-state index is 0.754. The van der Waals surface area contributed by atoms with E-state index in [1.54, 1.807) is 16.4 Å². The smallest absolute Gasteiger partial charge is 0.166 e. The molecule has 0 aliphatic carbocycles. The molecule has 0 radical (unpaired) electrons. The number of aromatic nitrogens is 4. The predicted molar refractivity (Wildman–Crippen MR) is 85.6 cm³/mol. The highest BCUT2D eigenvalue weighted by Crippen LogP contribution is 2.19. The highest BCUT2D eigenvalue weighted by molar-refractivity contribution is 7.97. The van der Waals surface area contributed by atoms with E-state index in [4.69, 9.17) is 11.6 Å². The largest absolute Gasteiger partial charge is 0.196 e. The minimum Gasteiger partial charge on any atom is -0.196 e. The van der Waals surface area contributed by atoms with E-state index in [1.165, 1.54) is 5.56 Å². The molecule has 4 nitrogen and oxygen atoms in total. The molecular weight excluding hydrogens is 304 g/mol. The van der Waals surface area contributed by atoms with Crippen molar-refractivity contribution < 1.29 is 0 Å². The van der Waals surface area contributed by atoms with Gasteiger partial charge in [-0.3, -0.25) is 0 Å². The Hall–Kier alpha value is -1.85. The maximum Gasteiger partial charge on any atom is 0.166 e. The Balaban J connectivity index is 1.64. The van der Waals surface area contributed by atoms with E-state index in [2.05, 4.69) is 15.5 Å². The third kappa shape index (κ3) is 3.62. The van der Waals surface area contributed by atoms with Gasteiger partial charge in [-0.1, -0.05) is 41.9 Å². The van der Waals surface area contributed by atoms with Crippen molar-refractivity contribution in [1.82, 2.24) is 20.2 Å². The molecule has 0 amide bonds. The molecule has 106 valence electrons. The first-order valence-corrected chi connectivity index (χ1v) is 8.01. The molecule has 0 bridgehead atoms. The summed E-state index contributed by atoms with van der Waals surface area (Å²) in [6.07, 6.45) is 0. The van der Waals surface area contributed by atoms with E-state index in [1.807, 2.05) is 54.6 Å². The summed E-state index contributed by atoms with van der Waals surface area (Å²) < 4.78 is 1.77. The van der Waals surface area contributed by atoms with Crippen molar-refractivity contribution in [2.45, 2.75) is 11.5 Å². The number of hydrogen-bond acceptors (Lipinski definition) is 4. The lowest BCUT2D eigenvalue weighted by Crippen LogP contribution is -2.01. The first kappa shape index (κ1) is 14.1. The fourth-order valence-corrected chi connectivity index (χ4v) is 2.93. The van der Waals surface area contributed by atoms with Crippen LogP contribution in [0.3, 0.4) is 0 Å². The molecule has 6 heteroatoms. The topological polar surface area (TPSA) is 43.6 Å². The second-order valence-electron chi connectivity index (χ2n) is 4.46. The van der Waals surface area contributed by atoms with Crippen LogP contribution in [0.4, 0.5) is 0 Å². The zero-order chi connectivity index (χ0) is 14.5. The SMILES string of the molecule is Clc1ccc(CSCc2nnnn2-c2ccccc2)cc1. The number of para-hydroxylation sites is 1. The monoisotopic (exact) mass is 316 g/mol. The van der Waals surface area contributed by atoms with E-state index in [-0.39, 0.29) is 0 Å². The maximum absolute atomic E-state index is 5.88. The number of tetrazole rings is 1. The van der Waals surface area contributed by atoms with Crippen LogP contribution in [-0.2, 0) is 11.5 Å². The van der Waals surface area contributed by atoms with Crippen LogP contribution < -0.4 is 0 Å². The van der Waals surface area contributed by atoms with Crippen LogP contribution in [-0.4, -0.2) is 20.2 Å². The summed E-state index contributed by atoms with van der Waals surface area (Å²) in [4.78, 5) is 0. The highest BCUT2D eigenvalue weighted by Gasteiger charge is 2.07. The van der Waals surface area contributed by atoms with Crippen LogP contribution in [0, 0.1) is 0 Å². The van der Waals surface area contributed by atoms with Crippen LogP contribution in [0.1, 0.15) is 11.4 Å². The van der Waals surface area contributed by atoms with Crippen molar-refractivity contribution in [3.63, 3.8) is 0 Å². The summed E-state index contributed by atoms with van der Waals surface area (Å²) in [5.41, 5.74) is 2.22. The summed E-state index contributed by atoms with van der Waals surface area (Å²) >= 11 is 7.65. The van der Waals surface area contributed by atoms with Gasteiger partial charge in [0, 0.05) is 10.8 Å². The maximum atomic E-state index is 5.88. The molecule has 0 fully saturated rings. The number of nitrogens with zero attached hydrogens (tertiary/aromatic N) is 4. The van der Waals surface area contributed by atoms with E-state index >= 15 is 0 Å². The van der Waals surface area contributed by atoms with Crippen molar-refractivity contribution in [3.8, 4) is 5.69 Å².